The van der Waals surface area contributed by atoms with Gasteiger partial charge in [-0.05, 0) is 18.2 Å². The third-order valence-corrected chi connectivity index (χ3v) is 4.36. The summed E-state index contributed by atoms with van der Waals surface area (Å²) in [5.74, 6) is 0. The average Bonchev–Trinajstić information content (AvgIpc) is 2.55. The summed E-state index contributed by atoms with van der Waals surface area (Å²) < 4.78 is 27.3. The molecular formula is C15H10N4O2S. The average molecular weight is 310 g/mol. The van der Waals surface area contributed by atoms with Crippen LogP contribution in [0.15, 0.2) is 59.9 Å². The van der Waals surface area contributed by atoms with E-state index in [9.17, 15) is 8.42 Å². The molecular weight excluding hydrogens is 300 g/mol. The Morgan fingerprint density at radius 2 is 1.95 bits per heavy atom. The molecule has 108 valence electrons. The Hall–Kier alpha value is -2.98. The van der Waals surface area contributed by atoms with Crippen LogP contribution in [-0.4, -0.2) is 18.4 Å². The molecule has 0 aliphatic rings. The molecule has 0 atom stereocenters. The summed E-state index contributed by atoms with van der Waals surface area (Å²) in [5, 5.41) is 9.67. The highest BCUT2D eigenvalue weighted by atomic mass is 32.2. The maximum absolute atomic E-state index is 12.4. The Labute approximate surface area is 127 Å². The number of sulfonamides is 1. The van der Waals surface area contributed by atoms with E-state index in [-0.39, 0.29) is 10.5 Å². The summed E-state index contributed by atoms with van der Waals surface area (Å²) in [6.45, 7) is 0. The number of nitrogens with zero attached hydrogens (tertiary/aromatic N) is 3. The molecule has 3 rings (SSSR count). The second-order valence-electron chi connectivity index (χ2n) is 4.51. The molecule has 0 bridgehead atoms. The van der Waals surface area contributed by atoms with E-state index in [0.29, 0.717) is 11.2 Å². The van der Waals surface area contributed by atoms with Crippen molar-refractivity contribution in [1.82, 2.24) is 9.97 Å². The van der Waals surface area contributed by atoms with E-state index in [2.05, 4.69) is 14.7 Å². The largest absolute Gasteiger partial charge is 0.277 e. The van der Waals surface area contributed by atoms with Crippen LogP contribution in [0.3, 0.4) is 0 Å². The van der Waals surface area contributed by atoms with E-state index in [0.717, 1.165) is 5.39 Å². The predicted molar refractivity (Wildman–Crippen MR) is 81.5 cm³/mol. The zero-order chi connectivity index (χ0) is 15.6. The minimum atomic E-state index is -3.84. The van der Waals surface area contributed by atoms with Crippen LogP contribution in [0, 0.1) is 11.3 Å². The van der Waals surface area contributed by atoms with Crippen molar-refractivity contribution in [3.63, 3.8) is 0 Å². The highest BCUT2D eigenvalue weighted by molar-refractivity contribution is 7.92. The van der Waals surface area contributed by atoms with Crippen molar-refractivity contribution < 1.29 is 8.42 Å². The van der Waals surface area contributed by atoms with Crippen LogP contribution in [0.5, 0.6) is 0 Å². The number of aromatic nitrogens is 2. The maximum atomic E-state index is 12.4. The van der Waals surface area contributed by atoms with E-state index < -0.39 is 10.0 Å². The van der Waals surface area contributed by atoms with Crippen LogP contribution >= 0.6 is 0 Å². The number of nitrogens with one attached hydrogen (secondary N) is 1. The Balaban J connectivity index is 2.05. The number of fused-ring (bicyclic) bond motifs is 1. The molecule has 0 fully saturated rings. The quantitative estimate of drug-likeness (QED) is 0.800. The Morgan fingerprint density at radius 3 is 2.77 bits per heavy atom. The van der Waals surface area contributed by atoms with Crippen LogP contribution in [-0.2, 0) is 10.0 Å². The first kappa shape index (κ1) is 14.0. The van der Waals surface area contributed by atoms with Crippen molar-refractivity contribution in [3.8, 4) is 6.07 Å². The van der Waals surface area contributed by atoms with Crippen molar-refractivity contribution >= 4 is 26.6 Å². The lowest BCUT2D eigenvalue weighted by molar-refractivity contribution is 0.601. The molecule has 0 aliphatic carbocycles. The Bertz CT molecular complexity index is 988. The number of hydrogen-bond donors (Lipinski definition) is 1. The van der Waals surface area contributed by atoms with Crippen LogP contribution in [0.2, 0.25) is 0 Å². The van der Waals surface area contributed by atoms with Crippen molar-refractivity contribution in [1.29, 1.82) is 5.26 Å². The highest BCUT2D eigenvalue weighted by Gasteiger charge is 2.17. The lowest BCUT2D eigenvalue weighted by Gasteiger charge is -2.10. The molecule has 2 aromatic heterocycles. The first-order chi connectivity index (χ1) is 10.6. The van der Waals surface area contributed by atoms with E-state index in [1.165, 1.54) is 18.5 Å². The monoisotopic (exact) mass is 310 g/mol. The van der Waals surface area contributed by atoms with Gasteiger partial charge in [0.1, 0.15) is 11.0 Å². The fourth-order valence-corrected chi connectivity index (χ4v) is 3.07. The molecule has 7 heteroatoms. The molecule has 6 nitrogen and oxygen atoms in total. The normalized spacial score (nSPS) is 11.0. The maximum Gasteiger partial charge on any atom is 0.263 e. The van der Waals surface area contributed by atoms with E-state index >= 15 is 0 Å². The van der Waals surface area contributed by atoms with Gasteiger partial charge in [-0.3, -0.25) is 14.7 Å². The summed E-state index contributed by atoms with van der Waals surface area (Å²) in [7, 11) is -3.84. The van der Waals surface area contributed by atoms with Gasteiger partial charge in [0.25, 0.3) is 10.0 Å². The van der Waals surface area contributed by atoms with Gasteiger partial charge < -0.3 is 0 Å². The number of para-hydroxylation sites is 1. The van der Waals surface area contributed by atoms with Crippen LogP contribution in [0.1, 0.15) is 5.56 Å². The van der Waals surface area contributed by atoms with Gasteiger partial charge >= 0.3 is 0 Å². The van der Waals surface area contributed by atoms with Gasteiger partial charge in [0, 0.05) is 24.0 Å². The van der Waals surface area contributed by atoms with Gasteiger partial charge in [-0.25, -0.2) is 8.42 Å². The number of hydrogen-bond acceptors (Lipinski definition) is 5. The third-order valence-electron chi connectivity index (χ3n) is 3.03. The molecule has 0 spiro atoms. The summed E-state index contributed by atoms with van der Waals surface area (Å²) in [6.07, 6.45) is 4.10. The minimum Gasteiger partial charge on any atom is -0.277 e. The first-order valence-electron chi connectivity index (χ1n) is 6.32. The molecule has 2 heterocycles. The smallest absolute Gasteiger partial charge is 0.263 e. The number of nitriles is 1. The van der Waals surface area contributed by atoms with Crippen molar-refractivity contribution in [3.05, 3.63) is 60.6 Å². The second kappa shape index (κ2) is 5.42. The zero-order valence-electron chi connectivity index (χ0n) is 11.3. The zero-order valence-corrected chi connectivity index (χ0v) is 12.1. The summed E-state index contributed by atoms with van der Waals surface area (Å²) in [6, 6.07) is 12.0. The lowest BCUT2D eigenvalue weighted by atomic mass is 10.2. The van der Waals surface area contributed by atoms with Gasteiger partial charge in [0.05, 0.1) is 16.8 Å². The van der Waals surface area contributed by atoms with Crippen molar-refractivity contribution in [2.24, 2.45) is 0 Å². The molecule has 1 N–H and O–H groups in total. The van der Waals surface area contributed by atoms with Gasteiger partial charge in [-0.1, -0.05) is 18.2 Å². The Morgan fingerprint density at radius 1 is 1.14 bits per heavy atom. The van der Waals surface area contributed by atoms with Crippen LogP contribution in [0.4, 0.5) is 5.69 Å². The standard InChI is InChI=1S/C15H10N4O2S/c16-8-11-7-13(10-17-9-11)22(20,21)19-14-5-1-3-12-4-2-6-18-15(12)14/h1-7,9-10,19H. The van der Waals surface area contributed by atoms with Crippen molar-refractivity contribution in [2.75, 3.05) is 4.72 Å². The lowest BCUT2D eigenvalue weighted by Crippen LogP contribution is -2.14. The van der Waals surface area contributed by atoms with Gasteiger partial charge in [-0.15, -0.1) is 0 Å². The molecule has 0 saturated carbocycles. The summed E-state index contributed by atoms with van der Waals surface area (Å²) in [5.41, 5.74) is 1.11. The van der Waals surface area contributed by atoms with E-state index in [4.69, 9.17) is 5.26 Å². The number of anilines is 1. The first-order valence-corrected chi connectivity index (χ1v) is 7.80. The van der Waals surface area contributed by atoms with Crippen LogP contribution < -0.4 is 4.72 Å². The SMILES string of the molecule is N#Cc1cncc(S(=O)(=O)Nc2cccc3cccnc23)c1. The molecule has 0 radical (unpaired) electrons. The molecule has 0 unspecified atom stereocenters. The van der Waals surface area contributed by atoms with Crippen molar-refractivity contribution in [2.45, 2.75) is 4.90 Å². The molecule has 1 aromatic carbocycles. The second-order valence-corrected chi connectivity index (χ2v) is 6.19. The Kier molecular flexibility index (Phi) is 3.45. The third kappa shape index (κ3) is 2.60. The van der Waals surface area contributed by atoms with Crippen LogP contribution in [0.25, 0.3) is 10.9 Å². The number of rotatable bonds is 3. The van der Waals surface area contributed by atoms with E-state index in [1.54, 1.807) is 24.4 Å². The van der Waals surface area contributed by atoms with Gasteiger partial charge in [0.15, 0.2) is 0 Å². The molecule has 0 saturated heterocycles. The molecule has 0 aliphatic heterocycles. The van der Waals surface area contributed by atoms with Gasteiger partial charge in [-0.2, -0.15) is 5.26 Å². The fourth-order valence-electron chi connectivity index (χ4n) is 2.02. The molecule has 22 heavy (non-hydrogen) atoms. The number of pyridine rings is 2. The predicted octanol–water partition coefficient (Wildman–Crippen LogP) is 2.30. The topological polar surface area (TPSA) is 95.7 Å². The highest BCUT2D eigenvalue weighted by Crippen LogP contribution is 2.23. The number of benzene rings is 1. The summed E-state index contributed by atoms with van der Waals surface area (Å²) in [4.78, 5) is 7.90. The van der Waals surface area contributed by atoms with Gasteiger partial charge in [0.2, 0.25) is 0 Å². The fraction of sp³-hybridized carbons (Fsp3) is 0. The van der Waals surface area contributed by atoms with E-state index in [1.807, 2.05) is 18.2 Å². The minimum absolute atomic E-state index is 0.0699. The molecule has 0 amide bonds. The molecule has 3 aromatic rings. The summed E-state index contributed by atoms with van der Waals surface area (Å²) >= 11 is 0.